The molecule has 11 nitrogen and oxygen atoms in total. The van der Waals surface area contributed by atoms with Crippen LogP contribution >= 0.6 is 0 Å². The molecule has 2 heterocycles. The van der Waals surface area contributed by atoms with Crippen molar-refractivity contribution in [2.24, 2.45) is 11.7 Å². The number of aliphatic carboxylic acids is 1. The van der Waals surface area contributed by atoms with Crippen LogP contribution in [0, 0.1) is 5.92 Å². The van der Waals surface area contributed by atoms with Crippen LogP contribution in [-0.2, 0) is 9.59 Å². The van der Waals surface area contributed by atoms with Crippen LogP contribution in [0.3, 0.4) is 0 Å². The quantitative estimate of drug-likeness (QED) is 0.494. The van der Waals surface area contributed by atoms with Gasteiger partial charge in [0.1, 0.15) is 5.75 Å². The van der Waals surface area contributed by atoms with Crippen LogP contribution in [0.2, 0.25) is 0 Å². The highest BCUT2D eigenvalue weighted by atomic mass is 16.5. The van der Waals surface area contributed by atoms with E-state index in [2.05, 4.69) is 25.6 Å². The monoisotopic (exact) mass is 411 g/mol. The predicted molar refractivity (Wildman–Crippen MR) is 106 cm³/mol. The van der Waals surface area contributed by atoms with E-state index in [-0.39, 0.29) is 30.9 Å². The Hall–Kier alpha value is -3.76. The fraction of sp³-hybridized carbons (Fsp3) is 0.368. The summed E-state index contributed by atoms with van der Waals surface area (Å²) in [5, 5.41) is 20.2. The van der Waals surface area contributed by atoms with E-state index in [1.807, 2.05) is 0 Å². The molecule has 1 aliphatic rings. The van der Waals surface area contributed by atoms with E-state index >= 15 is 0 Å². The van der Waals surface area contributed by atoms with E-state index in [0.29, 0.717) is 29.3 Å². The van der Waals surface area contributed by atoms with Crippen molar-refractivity contribution in [3.8, 4) is 11.4 Å². The van der Waals surface area contributed by atoms with Crippen molar-refractivity contribution in [1.29, 1.82) is 0 Å². The second-order valence-electron chi connectivity index (χ2n) is 7.14. The number of benzene rings is 1. The normalized spacial score (nSPS) is 18.4. The van der Waals surface area contributed by atoms with E-state index in [4.69, 9.17) is 15.6 Å². The minimum absolute atomic E-state index is 0.0661. The van der Waals surface area contributed by atoms with E-state index in [9.17, 15) is 9.59 Å². The topological polar surface area (TPSA) is 158 Å². The average molecular weight is 411 g/mol. The molecule has 11 heteroatoms. The number of rotatable bonds is 8. The molecule has 30 heavy (non-hydrogen) atoms. The van der Waals surface area contributed by atoms with E-state index < -0.39 is 5.97 Å². The molecule has 4 rings (SSSR count). The fourth-order valence-corrected chi connectivity index (χ4v) is 3.46. The number of primary amides is 1. The molecule has 0 spiro atoms. The van der Waals surface area contributed by atoms with Crippen molar-refractivity contribution in [2.45, 2.75) is 31.7 Å². The lowest BCUT2D eigenvalue weighted by Gasteiger charge is -2.12. The zero-order chi connectivity index (χ0) is 21.1. The van der Waals surface area contributed by atoms with E-state index in [1.165, 1.54) is 0 Å². The number of carbonyl (C=O) groups excluding carboxylic acids is 1. The van der Waals surface area contributed by atoms with E-state index in [0.717, 1.165) is 18.5 Å². The van der Waals surface area contributed by atoms with Gasteiger partial charge >= 0.3 is 5.97 Å². The number of carboxylic acids is 1. The maximum Gasteiger partial charge on any atom is 0.306 e. The Labute approximate surface area is 171 Å². The number of aromatic nitrogens is 5. The molecular formula is C19H21N7O4. The number of fused-ring (bicyclic) bond motifs is 1. The third kappa shape index (κ3) is 4.29. The fourth-order valence-electron chi connectivity index (χ4n) is 3.46. The molecule has 1 saturated carbocycles. The number of amides is 1. The second kappa shape index (κ2) is 8.31. The highest BCUT2D eigenvalue weighted by Gasteiger charge is 2.28. The largest absolute Gasteiger partial charge is 0.493 e. The smallest absolute Gasteiger partial charge is 0.306 e. The number of hydrogen-bond donors (Lipinski definition) is 3. The van der Waals surface area contributed by atoms with Gasteiger partial charge in [-0.15, -0.1) is 5.10 Å². The van der Waals surface area contributed by atoms with Gasteiger partial charge in [0.25, 0.3) is 0 Å². The zero-order valence-electron chi connectivity index (χ0n) is 16.1. The predicted octanol–water partition coefficient (Wildman–Crippen LogP) is 1.13. The van der Waals surface area contributed by atoms with Crippen LogP contribution in [0.4, 0.5) is 5.95 Å². The molecule has 0 unspecified atom stereocenters. The standard InChI is InChI=1S/C19H21N7O4/c20-17(29)11-1-2-12(9-11)22-19-21-10-15-18(23-19)26(25-24-15)13-3-5-14(6-4-13)30-8-7-16(27)28/h3-6,10-12H,1-2,7-9H2,(H2,20,29)(H,27,28)(H,21,22,23)/t11-,12-/m1/s1. The number of hydrogen-bond acceptors (Lipinski definition) is 8. The molecule has 156 valence electrons. The molecule has 2 aromatic heterocycles. The highest BCUT2D eigenvalue weighted by molar-refractivity contribution is 5.77. The molecular weight excluding hydrogens is 390 g/mol. The minimum atomic E-state index is -0.910. The summed E-state index contributed by atoms with van der Waals surface area (Å²) >= 11 is 0. The molecule has 0 radical (unpaired) electrons. The van der Waals surface area contributed by atoms with Gasteiger partial charge in [-0.2, -0.15) is 9.67 Å². The molecule has 0 aliphatic heterocycles. The zero-order valence-corrected chi connectivity index (χ0v) is 16.1. The summed E-state index contributed by atoms with van der Waals surface area (Å²) in [7, 11) is 0. The summed E-state index contributed by atoms with van der Waals surface area (Å²) in [5.74, 6) is -0.294. The van der Waals surface area contributed by atoms with Crippen molar-refractivity contribution in [2.75, 3.05) is 11.9 Å². The Balaban J connectivity index is 1.49. The van der Waals surface area contributed by atoms with Crippen LogP contribution in [0.1, 0.15) is 25.7 Å². The van der Waals surface area contributed by atoms with Gasteiger partial charge in [-0.1, -0.05) is 5.21 Å². The van der Waals surface area contributed by atoms with Gasteiger partial charge in [-0.05, 0) is 43.5 Å². The first-order chi connectivity index (χ1) is 14.5. The number of anilines is 1. The molecule has 4 N–H and O–H groups in total. The van der Waals surface area contributed by atoms with Crippen molar-refractivity contribution in [3.05, 3.63) is 30.5 Å². The van der Waals surface area contributed by atoms with Gasteiger partial charge in [0.05, 0.1) is 24.9 Å². The van der Waals surface area contributed by atoms with Gasteiger partial charge in [0.2, 0.25) is 11.9 Å². The van der Waals surface area contributed by atoms with Crippen molar-refractivity contribution in [1.82, 2.24) is 25.0 Å². The molecule has 1 aromatic carbocycles. The lowest BCUT2D eigenvalue weighted by atomic mass is 10.1. The lowest BCUT2D eigenvalue weighted by molar-refractivity contribution is -0.137. The molecule has 0 saturated heterocycles. The van der Waals surface area contributed by atoms with Crippen molar-refractivity contribution in [3.63, 3.8) is 0 Å². The summed E-state index contributed by atoms with van der Waals surface area (Å²) in [5.41, 5.74) is 7.20. The van der Waals surface area contributed by atoms with E-state index in [1.54, 1.807) is 35.1 Å². The molecule has 1 amide bonds. The van der Waals surface area contributed by atoms with Crippen LogP contribution in [0.25, 0.3) is 16.9 Å². The first-order valence-electron chi connectivity index (χ1n) is 9.59. The highest BCUT2D eigenvalue weighted by Crippen LogP contribution is 2.27. The summed E-state index contributed by atoms with van der Waals surface area (Å²) < 4.78 is 6.99. The van der Waals surface area contributed by atoms with Gasteiger partial charge in [0, 0.05) is 12.0 Å². The molecule has 1 aliphatic carbocycles. The third-order valence-corrected chi connectivity index (χ3v) is 5.03. The number of nitrogens with two attached hydrogens (primary N) is 1. The Morgan fingerprint density at radius 3 is 2.77 bits per heavy atom. The molecule has 0 bridgehead atoms. The SMILES string of the molecule is NC(=O)[C@@H]1CC[C@@H](Nc2ncc3nnn(-c4ccc(OCCC(=O)O)cc4)c3n2)C1. The lowest BCUT2D eigenvalue weighted by Crippen LogP contribution is -2.23. The third-order valence-electron chi connectivity index (χ3n) is 5.03. The Kier molecular flexibility index (Phi) is 5.42. The maximum absolute atomic E-state index is 11.4. The first kappa shape index (κ1) is 19.6. The van der Waals surface area contributed by atoms with Crippen molar-refractivity contribution >= 4 is 29.0 Å². The number of carbonyl (C=O) groups is 2. The molecule has 2 atom stereocenters. The maximum atomic E-state index is 11.4. The Bertz CT molecular complexity index is 1070. The molecule has 3 aromatic rings. The van der Waals surface area contributed by atoms with Gasteiger partial charge in [-0.3, -0.25) is 9.59 Å². The van der Waals surface area contributed by atoms with Crippen LogP contribution < -0.4 is 15.8 Å². The Morgan fingerprint density at radius 1 is 1.27 bits per heavy atom. The number of nitrogens with one attached hydrogen (secondary N) is 1. The van der Waals surface area contributed by atoms with Crippen molar-refractivity contribution < 1.29 is 19.4 Å². The van der Waals surface area contributed by atoms with Crippen LogP contribution in [-0.4, -0.2) is 54.6 Å². The summed E-state index contributed by atoms with van der Waals surface area (Å²) in [6, 6.07) is 7.12. The average Bonchev–Trinajstić information content (AvgIpc) is 3.35. The Morgan fingerprint density at radius 2 is 2.07 bits per heavy atom. The van der Waals surface area contributed by atoms with Gasteiger partial charge in [-0.25, -0.2) is 4.98 Å². The number of carboxylic acid groups (broad SMARTS) is 1. The summed E-state index contributed by atoms with van der Waals surface area (Å²) in [6.07, 6.45) is 3.78. The van der Waals surface area contributed by atoms with Crippen LogP contribution in [0.15, 0.2) is 30.5 Å². The van der Waals surface area contributed by atoms with Crippen LogP contribution in [0.5, 0.6) is 5.75 Å². The van der Waals surface area contributed by atoms with Gasteiger partial charge in [0.15, 0.2) is 11.2 Å². The van der Waals surface area contributed by atoms with Gasteiger partial charge < -0.3 is 20.9 Å². The number of nitrogens with zero attached hydrogens (tertiary/aromatic N) is 5. The number of ether oxygens (including phenoxy) is 1. The second-order valence-corrected chi connectivity index (χ2v) is 7.14. The summed E-state index contributed by atoms with van der Waals surface area (Å²) in [4.78, 5) is 30.8. The summed E-state index contributed by atoms with van der Waals surface area (Å²) in [6.45, 7) is 0.0982. The minimum Gasteiger partial charge on any atom is -0.493 e. The molecule has 1 fully saturated rings. The first-order valence-corrected chi connectivity index (χ1v) is 9.59.